The number of hydrogen-bond donors (Lipinski definition) is 1. The maximum absolute atomic E-state index is 12.4. The Kier molecular flexibility index (Phi) is 5.42. The zero-order chi connectivity index (χ0) is 18.7. The maximum atomic E-state index is 12.4. The highest BCUT2D eigenvalue weighted by molar-refractivity contribution is 7.98. The van der Waals surface area contributed by atoms with Crippen LogP contribution in [0.25, 0.3) is 0 Å². The molecule has 134 valence electrons. The van der Waals surface area contributed by atoms with Crippen LogP contribution in [-0.2, 0) is 4.79 Å². The molecule has 0 spiro atoms. The summed E-state index contributed by atoms with van der Waals surface area (Å²) in [6, 6.07) is 12.8. The lowest BCUT2D eigenvalue weighted by Gasteiger charge is -2.14. The number of rotatable bonds is 6. The molecule has 26 heavy (non-hydrogen) atoms. The van der Waals surface area contributed by atoms with E-state index in [4.69, 9.17) is 0 Å². The first kappa shape index (κ1) is 18.2. The predicted molar refractivity (Wildman–Crippen MR) is 103 cm³/mol. The van der Waals surface area contributed by atoms with Crippen molar-refractivity contribution in [3.8, 4) is 0 Å². The van der Waals surface area contributed by atoms with Gasteiger partial charge in [-0.05, 0) is 43.9 Å². The van der Waals surface area contributed by atoms with E-state index in [1.165, 1.54) is 4.90 Å². The van der Waals surface area contributed by atoms with E-state index in [2.05, 4.69) is 5.32 Å². The second kappa shape index (κ2) is 7.74. The Morgan fingerprint density at radius 2 is 1.81 bits per heavy atom. The Hall–Kier alpha value is -2.60. The summed E-state index contributed by atoms with van der Waals surface area (Å²) in [5.41, 5.74) is 2.62. The van der Waals surface area contributed by atoms with Crippen molar-refractivity contribution >= 4 is 35.2 Å². The average Bonchev–Trinajstić information content (AvgIpc) is 2.86. The van der Waals surface area contributed by atoms with Crippen molar-refractivity contribution in [2.24, 2.45) is 0 Å². The van der Waals surface area contributed by atoms with E-state index in [0.717, 1.165) is 16.1 Å². The summed E-state index contributed by atoms with van der Waals surface area (Å²) >= 11 is 1.56. The molecule has 1 aliphatic rings. The van der Waals surface area contributed by atoms with Crippen LogP contribution in [0.1, 0.15) is 39.1 Å². The quantitative estimate of drug-likeness (QED) is 0.623. The van der Waals surface area contributed by atoms with E-state index in [0.29, 0.717) is 17.5 Å². The van der Waals surface area contributed by atoms with Crippen LogP contribution in [-0.4, -0.2) is 35.4 Å². The number of imide groups is 1. The summed E-state index contributed by atoms with van der Waals surface area (Å²) in [5, 5.41) is 2.89. The number of anilines is 1. The van der Waals surface area contributed by atoms with E-state index in [-0.39, 0.29) is 30.7 Å². The molecule has 5 nitrogen and oxygen atoms in total. The van der Waals surface area contributed by atoms with E-state index in [1.54, 1.807) is 23.9 Å². The van der Waals surface area contributed by atoms with Gasteiger partial charge in [0.2, 0.25) is 5.91 Å². The molecule has 0 saturated heterocycles. The number of fused-ring (bicyclic) bond motifs is 1. The van der Waals surface area contributed by atoms with Crippen LogP contribution in [0.5, 0.6) is 0 Å². The first-order valence-corrected chi connectivity index (χ1v) is 9.63. The van der Waals surface area contributed by atoms with Gasteiger partial charge < -0.3 is 5.32 Å². The number of aryl methyl sites for hydroxylation is 1. The zero-order valence-corrected chi connectivity index (χ0v) is 15.6. The van der Waals surface area contributed by atoms with E-state index < -0.39 is 0 Å². The highest BCUT2D eigenvalue weighted by Crippen LogP contribution is 2.26. The molecule has 2 aromatic rings. The molecule has 0 atom stereocenters. The number of nitrogens with zero attached hydrogens (tertiary/aromatic N) is 1. The molecule has 0 aromatic heterocycles. The van der Waals surface area contributed by atoms with Gasteiger partial charge in [-0.15, -0.1) is 11.8 Å². The molecule has 1 heterocycles. The fourth-order valence-electron chi connectivity index (χ4n) is 2.97. The minimum atomic E-state index is -0.280. The normalized spacial score (nSPS) is 13.1. The Morgan fingerprint density at radius 1 is 1.08 bits per heavy atom. The van der Waals surface area contributed by atoms with Gasteiger partial charge in [-0.1, -0.05) is 23.8 Å². The Balaban J connectivity index is 1.56. The molecule has 0 fully saturated rings. The smallest absolute Gasteiger partial charge is 0.261 e. The second-order valence-electron chi connectivity index (χ2n) is 6.16. The summed E-state index contributed by atoms with van der Waals surface area (Å²) < 4.78 is 0. The highest BCUT2D eigenvalue weighted by atomic mass is 32.2. The van der Waals surface area contributed by atoms with Crippen molar-refractivity contribution in [1.29, 1.82) is 0 Å². The van der Waals surface area contributed by atoms with Gasteiger partial charge >= 0.3 is 0 Å². The lowest BCUT2D eigenvalue weighted by atomic mass is 10.1. The lowest BCUT2D eigenvalue weighted by molar-refractivity contribution is -0.116. The third-order valence-corrected chi connectivity index (χ3v) is 5.09. The third-order valence-electron chi connectivity index (χ3n) is 4.29. The van der Waals surface area contributed by atoms with Gasteiger partial charge in [0, 0.05) is 17.9 Å². The van der Waals surface area contributed by atoms with Crippen molar-refractivity contribution in [1.82, 2.24) is 4.90 Å². The number of para-hydroxylation sites is 1. The molecular weight excluding hydrogens is 348 g/mol. The minimum absolute atomic E-state index is 0.126. The SMILES string of the molecule is CSc1ccccc1NC(=O)CCCN1C(=O)c2ccc(C)cc2C1=O. The summed E-state index contributed by atoms with van der Waals surface area (Å²) in [7, 11) is 0. The predicted octanol–water partition coefficient (Wildman–Crippen LogP) is 3.73. The average molecular weight is 368 g/mol. The van der Waals surface area contributed by atoms with Crippen molar-refractivity contribution in [2.75, 3.05) is 18.1 Å². The van der Waals surface area contributed by atoms with Gasteiger partial charge in [0.15, 0.2) is 0 Å². The summed E-state index contributed by atoms with van der Waals surface area (Å²) in [6.07, 6.45) is 2.63. The molecule has 0 unspecified atom stereocenters. The van der Waals surface area contributed by atoms with Crippen LogP contribution in [0.4, 0.5) is 5.69 Å². The monoisotopic (exact) mass is 368 g/mol. The molecule has 1 N–H and O–H groups in total. The zero-order valence-electron chi connectivity index (χ0n) is 14.7. The highest BCUT2D eigenvalue weighted by Gasteiger charge is 2.34. The maximum Gasteiger partial charge on any atom is 0.261 e. The molecule has 6 heteroatoms. The number of carbonyl (C=O) groups is 3. The first-order chi connectivity index (χ1) is 12.5. The van der Waals surface area contributed by atoms with E-state index in [9.17, 15) is 14.4 Å². The number of carbonyl (C=O) groups excluding carboxylic acids is 3. The molecule has 0 bridgehead atoms. The fourth-order valence-corrected chi connectivity index (χ4v) is 3.52. The molecule has 0 radical (unpaired) electrons. The third kappa shape index (κ3) is 3.65. The van der Waals surface area contributed by atoms with Gasteiger partial charge in [0.1, 0.15) is 0 Å². The fraction of sp³-hybridized carbons (Fsp3) is 0.250. The molecule has 0 aliphatic carbocycles. The van der Waals surface area contributed by atoms with Gasteiger partial charge in [0.05, 0.1) is 16.8 Å². The van der Waals surface area contributed by atoms with Crippen molar-refractivity contribution < 1.29 is 14.4 Å². The Bertz CT molecular complexity index is 879. The number of nitrogens with one attached hydrogen (secondary N) is 1. The van der Waals surface area contributed by atoms with Crippen molar-refractivity contribution in [3.63, 3.8) is 0 Å². The molecule has 3 amide bonds. The van der Waals surface area contributed by atoms with E-state index in [1.807, 2.05) is 43.5 Å². The van der Waals surface area contributed by atoms with Crippen LogP contribution < -0.4 is 5.32 Å². The number of thioether (sulfide) groups is 1. The molecule has 0 saturated carbocycles. The molecule has 2 aromatic carbocycles. The van der Waals surface area contributed by atoms with Crippen LogP contribution >= 0.6 is 11.8 Å². The summed E-state index contributed by atoms with van der Waals surface area (Å²) in [5.74, 6) is -0.682. The van der Waals surface area contributed by atoms with E-state index >= 15 is 0 Å². The first-order valence-electron chi connectivity index (χ1n) is 8.41. The van der Waals surface area contributed by atoms with Crippen LogP contribution in [0.15, 0.2) is 47.4 Å². The van der Waals surface area contributed by atoms with Crippen LogP contribution in [0, 0.1) is 6.92 Å². The molecule has 1 aliphatic heterocycles. The van der Waals surface area contributed by atoms with Crippen LogP contribution in [0.3, 0.4) is 0 Å². The topological polar surface area (TPSA) is 66.5 Å². The number of amides is 3. The van der Waals surface area contributed by atoms with Gasteiger partial charge in [-0.3, -0.25) is 19.3 Å². The van der Waals surface area contributed by atoms with Gasteiger partial charge in [-0.25, -0.2) is 0 Å². The lowest BCUT2D eigenvalue weighted by Crippen LogP contribution is -2.31. The minimum Gasteiger partial charge on any atom is -0.325 e. The number of benzene rings is 2. The van der Waals surface area contributed by atoms with Crippen molar-refractivity contribution in [3.05, 3.63) is 59.2 Å². The molecule has 3 rings (SSSR count). The number of hydrogen-bond acceptors (Lipinski definition) is 4. The molecular formula is C20H20N2O3S. The van der Waals surface area contributed by atoms with Crippen molar-refractivity contribution in [2.45, 2.75) is 24.7 Å². The Morgan fingerprint density at radius 3 is 2.58 bits per heavy atom. The summed E-state index contributed by atoms with van der Waals surface area (Å²) in [6.45, 7) is 2.13. The van der Waals surface area contributed by atoms with Crippen LogP contribution in [0.2, 0.25) is 0 Å². The van der Waals surface area contributed by atoms with Gasteiger partial charge in [0.25, 0.3) is 11.8 Å². The van der Waals surface area contributed by atoms with Gasteiger partial charge in [-0.2, -0.15) is 0 Å². The largest absolute Gasteiger partial charge is 0.325 e. The standard InChI is InChI=1S/C20H20N2O3S/c1-13-9-10-14-15(12-13)20(25)22(19(14)24)11-5-8-18(23)21-16-6-3-4-7-17(16)26-2/h3-4,6-7,9-10,12H,5,8,11H2,1-2H3,(H,21,23). The second-order valence-corrected chi connectivity index (χ2v) is 7.01. The summed E-state index contributed by atoms with van der Waals surface area (Å²) in [4.78, 5) is 39.2. The Labute approximate surface area is 156 Å².